The Kier molecular flexibility index (Phi) is 2.78. The molecule has 1 aromatic carbocycles. The molecule has 0 nitrogen and oxygen atoms in total. The van der Waals surface area contributed by atoms with Crippen LogP contribution in [0.3, 0.4) is 0 Å². The van der Waals surface area contributed by atoms with Gasteiger partial charge in [0.15, 0.2) is 0 Å². The van der Waals surface area contributed by atoms with Gasteiger partial charge in [0, 0.05) is 4.86 Å². The highest BCUT2D eigenvalue weighted by molar-refractivity contribution is 7.80. The van der Waals surface area contributed by atoms with Crippen LogP contribution in [0.5, 0.6) is 0 Å². The van der Waals surface area contributed by atoms with E-state index in [1.54, 1.807) is 0 Å². The lowest BCUT2D eigenvalue weighted by atomic mass is 10.1. The Labute approximate surface area is 90.6 Å². The quantitative estimate of drug-likeness (QED) is 0.522. The van der Waals surface area contributed by atoms with Crippen LogP contribution in [0.4, 0.5) is 0 Å². The minimum atomic E-state index is 0.936. The second-order valence-corrected chi connectivity index (χ2v) is 4.47. The van der Waals surface area contributed by atoms with Crippen molar-refractivity contribution in [2.45, 2.75) is 26.2 Å². The Morgan fingerprint density at radius 1 is 1.29 bits per heavy atom. The van der Waals surface area contributed by atoms with Crippen LogP contribution in [-0.2, 0) is 12.8 Å². The molecule has 0 aromatic heterocycles. The van der Waals surface area contributed by atoms with Crippen molar-refractivity contribution in [1.29, 1.82) is 0 Å². The molecule has 1 aliphatic rings. The van der Waals surface area contributed by atoms with Crippen LogP contribution < -0.4 is 0 Å². The first kappa shape index (κ1) is 9.60. The van der Waals surface area contributed by atoms with E-state index in [0.29, 0.717) is 0 Å². The highest BCUT2D eigenvalue weighted by Crippen LogP contribution is 2.23. The first-order valence-corrected chi connectivity index (χ1v) is 5.47. The van der Waals surface area contributed by atoms with Crippen molar-refractivity contribution in [3.8, 4) is 0 Å². The van der Waals surface area contributed by atoms with E-state index in [2.05, 4.69) is 24.3 Å². The molecule has 2 rings (SSSR count). The molecule has 0 fully saturated rings. The molecule has 0 saturated carbocycles. The van der Waals surface area contributed by atoms with Gasteiger partial charge in [-0.25, -0.2) is 0 Å². The van der Waals surface area contributed by atoms with Gasteiger partial charge in [0.1, 0.15) is 0 Å². The van der Waals surface area contributed by atoms with Gasteiger partial charge in [-0.1, -0.05) is 36.5 Å². The molecule has 72 valence electrons. The fourth-order valence-corrected chi connectivity index (χ4v) is 1.98. The summed E-state index contributed by atoms with van der Waals surface area (Å²) < 4.78 is 0. The summed E-state index contributed by atoms with van der Waals surface area (Å²) in [6.07, 6.45) is 7.90. The summed E-state index contributed by atoms with van der Waals surface area (Å²) in [6.45, 7) is 1.94. The monoisotopic (exact) mass is 202 g/mol. The molecular formula is C13H14S. The molecule has 0 atom stereocenters. The summed E-state index contributed by atoms with van der Waals surface area (Å²) in [6, 6.07) is 6.72. The van der Waals surface area contributed by atoms with Gasteiger partial charge in [-0.2, -0.15) is 0 Å². The fraction of sp³-hybridized carbons (Fsp3) is 0.308. The number of hydrogen-bond acceptors (Lipinski definition) is 1. The van der Waals surface area contributed by atoms with Gasteiger partial charge in [0.2, 0.25) is 0 Å². The van der Waals surface area contributed by atoms with Crippen LogP contribution >= 0.6 is 12.2 Å². The molecule has 0 heterocycles. The molecule has 0 amide bonds. The van der Waals surface area contributed by atoms with Gasteiger partial charge in [-0.15, -0.1) is 0 Å². The first-order valence-electron chi connectivity index (χ1n) is 5.06. The van der Waals surface area contributed by atoms with Crippen molar-refractivity contribution in [2.24, 2.45) is 0 Å². The molecule has 0 bridgehead atoms. The Hall–Kier alpha value is -0.950. The minimum Gasteiger partial charge on any atom is -0.0852 e. The third kappa shape index (κ3) is 2.10. The third-order valence-corrected chi connectivity index (χ3v) is 2.77. The van der Waals surface area contributed by atoms with E-state index >= 15 is 0 Å². The molecule has 14 heavy (non-hydrogen) atoms. The predicted molar refractivity (Wildman–Crippen MR) is 65.8 cm³/mol. The molecule has 0 radical (unpaired) electrons. The van der Waals surface area contributed by atoms with Crippen molar-refractivity contribution in [2.75, 3.05) is 0 Å². The van der Waals surface area contributed by atoms with Crippen LogP contribution in [0.1, 0.15) is 30.0 Å². The van der Waals surface area contributed by atoms with Crippen molar-refractivity contribution in [3.63, 3.8) is 0 Å². The van der Waals surface area contributed by atoms with E-state index in [0.717, 1.165) is 4.86 Å². The Bertz CT molecular complexity index is 388. The topological polar surface area (TPSA) is 0 Å². The Morgan fingerprint density at radius 3 is 2.86 bits per heavy atom. The van der Waals surface area contributed by atoms with Gasteiger partial charge in [-0.05, 0) is 49.0 Å². The summed E-state index contributed by atoms with van der Waals surface area (Å²) >= 11 is 5.01. The van der Waals surface area contributed by atoms with Gasteiger partial charge in [-0.3, -0.25) is 0 Å². The van der Waals surface area contributed by atoms with Gasteiger partial charge in [0.25, 0.3) is 0 Å². The van der Waals surface area contributed by atoms with E-state index in [1.165, 1.54) is 36.0 Å². The maximum atomic E-state index is 5.01. The Morgan fingerprint density at radius 2 is 2.07 bits per heavy atom. The predicted octanol–water partition coefficient (Wildman–Crippen LogP) is 3.58. The standard InChI is InChI=1S/C13H14S/c1-10(14)5-6-11-7-8-12-3-2-4-13(12)9-11/h5-9H,2-4H2,1H3/b6-5+. The summed E-state index contributed by atoms with van der Waals surface area (Å²) in [5, 5.41) is 0. The normalized spacial score (nSPS) is 14.6. The smallest absolute Gasteiger partial charge is 0.0121 e. The molecule has 0 spiro atoms. The number of benzene rings is 1. The molecule has 1 heteroatoms. The zero-order valence-corrected chi connectivity index (χ0v) is 9.23. The lowest BCUT2D eigenvalue weighted by Gasteiger charge is -2.00. The second-order valence-electron chi connectivity index (χ2n) is 3.83. The second kappa shape index (κ2) is 4.05. The summed E-state index contributed by atoms with van der Waals surface area (Å²) in [5.74, 6) is 0. The number of thiocarbonyl (C=S) groups is 1. The van der Waals surface area contributed by atoms with Crippen LogP contribution in [0.2, 0.25) is 0 Å². The van der Waals surface area contributed by atoms with E-state index < -0.39 is 0 Å². The summed E-state index contributed by atoms with van der Waals surface area (Å²) in [5.41, 5.74) is 4.32. The zero-order chi connectivity index (χ0) is 9.97. The highest BCUT2D eigenvalue weighted by Gasteiger charge is 2.09. The van der Waals surface area contributed by atoms with Gasteiger partial charge < -0.3 is 0 Å². The highest BCUT2D eigenvalue weighted by atomic mass is 32.1. The first-order chi connectivity index (χ1) is 6.75. The molecule has 0 saturated heterocycles. The van der Waals surface area contributed by atoms with Crippen LogP contribution in [-0.4, -0.2) is 4.86 Å². The van der Waals surface area contributed by atoms with Crippen LogP contribution in [0.15, 0.2) is 24.3 Å². The average Bonchev–Trinajstić information content (AvgIpc) is 2.61. The summed E-state index contributed by atoms with van der Waals surface area (Å²) in [7, 11) is 0. The minimum absolute atomic E-state index is 0.936. The average molecular weight is 202 g/mol. The molecule has 0 N–H and O–H groups in total. The van der Waals surface area contributed by atoms with Crippen LogP contribution in [0, 0.1) is 0 Å². The zero-order valence-electron chi connectivity index (χ0n) is 8.42. The maximum absolute atomic E-state index is 5.01. The Balaban J connectivity index is 2.25. The molecule has 0 aliphatic heterocycles. The van der Waals surface area contributed by atoms with Crippen molar-refractivity contribution in [3.05, 3.63) is 41.0 Å². The van der Waals surface area contributed by atoms with E-state index in [4.69, 9.17) is 12.2 Å². The lowest BCUT2D eigenvalue weighted by molar-refractivity contribution is 0.912. The van der Waals surface area contributed by atoms with Crippen molar-refractivity contribution < 1.29 is 0 Å². The third-order valence-electron chi connectivity index (χ3n) is 2.63. The largest absolute Gasteiger partial charge is 0.0852 e. The van der Waals surface area contributed by atoms with E-state index in [9.17, 15) is 0 Å². The SMILES string of the molecule is CC(=S)/C=C/c1ccc2c(c1)CCC2. The number of fused-ring (bicyclic) bond motifs is 1. The van der Waals surface area contributed by atoms with E-state index in [1.807, 2.05) is 13.0 Å². The molecule has 0 unspecified atom stereocenters. The van der Waals surface area contributed by atoms with Crippen molar-refractivity contribution in [1.82, 2.24) is 0 Å². The van der Waals surface area contributed by atoms with E-state index in [-0.39, 0.29) is 0 Å². The van der Waals surface area contributed by atoms with Crippen LogP contribution in [0.25, 0.3) is 6.08 Å². The summed E-state index contributed by atoms with van der Waals surface area (Å²) in [4.78, 5) is 0.936. The molecular weight excluding hydrogens is 188 g/mol. The molecule has 1 aromatic rings. The maximum Gasteiger partial charge on any atom is 0.0121 e. The van der Waals surface area contributed by atoms with Gasteiger partial charge >= 0.3 is 0 Å². The lowest BCUT2D eigenvalue weighted by Crippen LogP contribution is -1.83. The number of aryl methyl sites for hydroxylation is 2. The fourth-order valence-electron chi connectivity index (χ4n) is 1.91. The molecule has 1 aliphatic carbocycles. The van der Waals surface area contributed by atoms with Crippen molar-refractivity contribution >= 4 is 23.2 Å². The number of rotatable bonds is 2. The van der Waals surface area contributed by atoms with Gasteiger partial charge in [0.05, 0.1) is 0 Å². The number of allylic oxidation sites excluding steroid dienone is 1. The number of hydrogen-bond donors (Lipinski definition) is 0.